The minimum atomic E-state index is -1.02. The Labute approximate surface area is 115 Å². The van der Waals surface area contributed by atoms with Gasteiger partial charge in [0.2, 0.25) is 0 Å². The number of nitrogens with zero attached hydrogens (tertiary/aromatic N) is 1. The normalized spacial score (nSPS) is 22.6. The SMILES string of the molecule is CC1CCCN(C(=O)c2coc(C(N)=O)c2)C1C(=O)O. The second-order valence-corrected chi connectivity index (χ2v) is 4.97. The smallest absolute Gasteiger partial charge is 0.326 e. The molecule has 2 heterocycles. The van der Waals surface area contributed by atoms with Crippen molar-refractivity contribution in [2.24, 2.45) is 11.7 Å². The lowest BCUT2D eigenvalue weighted by molar-refractivity contribution is -0.145. The summed E-state index contributed by atoms with van der Waals surface area (Å²) >= 11 is 0. The van der Waals surface area contributed by atoms with Crippen molar-refractivity contribution >= 4 is 17.8 Å². The molecule has 2 amide bonds. The first-order valence-corrected chi connectivity index (χ1v) is 6.34. The fraction of sp³-hybridized carbons (Fsp3) is 0.462. The second-order valence-electron chi connectivity index (χ2n) is 4.97. The molecule has 108 valence electrons. The zero-order valence-electron chi connectivity index (χ0n) is 11.0. The molecule has 2 rings (SSSR count). The van der Waals surface area contributed by atoms with Crippen LogP contribution in [-0.2, 0) is 4.79 Å². The number of rotatable bonds is 3. The number of primary amides is 1. The molecule has 1 aromatic heterocycles. The van der Waals surface area contributed by atoms with Gasteiger partial charge in [0.25, 0.3) is 11.8 Å². The van der Waals surface area contributed by atoms with Crippen LogP contribution in [-0.4, -0.2) is 40.4 Å². The summed E-state index contributed by atoms with van der Waals surface area (Å²) < 4.78 is 4.89. The van der Waals surface area contributed by atoms with Crippen molar-refractivity contribution in [2.75, 3.05) is 6.54 Å². The number of carbonyl (C=O) groups excluding carboxylic acids is 2. The first-order chi connectivity index (χ1) is 9.41. The van der Waals surface area contributed by atoms with Crippen molar-refractivity contribution in [3.05, 3.63) is 23.7 Å². The highest BCUT2D eigenvalue weighted by Crippen LogP contribution is 2.25. The monoisotopic (exact) mass is 280 g/mol. The van der Waals surface area contributed by atoms with Crippen molar-refractivity contribution in [2.45, 2.75) is 25.8 Å². The van der Waals surface area contributed by atoms with Crippen molar-refractivity contribution in [3.8, 4) is 0 Å². The number of amides is 2. The lowest BCUT2D eigenvalue weighted by Gasteiger charge is -2.37. The van der Waals surface area contributed by atoms with Gasteiger partial charge in [-0.1, -0.05) is 6.92 Å². The summed E-state index contributed by atoms with van der Waals surface area (Å²) in [6.07, 6.45) is 2.64. The Balaban J connectivity index is 2.25. The van der Waals surface area contributed by atoms with Crippen molar-refractivity contribution < 1.29 is 23.9 Å². The van der Waals surface area contributed by atoms with Gasteiger partial charge in [-0.15, -0.1) is 0 Å². The minimum Gasteiger partial charge on any atom is -0.480 e. The maximum absolute atomic E-state index is 12.3. The van der Waals surface area contributed by atoms with Crippen molar-refractivity contribution in [3.63, 3.8) is 0 Å². The quantitative estimate of drug-likeness (QED) is 0.846. The molecule has 0 bridgehead atoms. The number of furan rings is 1. The summed E-state index contributed by atoms with van der Waals surface area (Å²) in [6, 6.07) is 0.381. The van der Waals surface area contributed by atoms with Crippen LogP contribution in [0, 0.1) is 5.92 Å². The largest absolute Gasteiger partial charge is 0.480 e. The summed E-state index contributed by atoms with van der Waals surface area (Å²) in [5.74, 6) is -2.49. The summed E-state index contributed by atoms with van der Waals surface area (Å²) in [5, 5.41) is 9.28. The lowest BCUT2D eigenvalue weighted by Crippen LogP contribution is -2.51. The molecule has 1 fully saturated rings. The standard InChI is InChI=1S/C13H16N2O5/c1-7-3-2-4-15(10(7)13(18)19)12(17)8-5-9(11(14)16)20-6-8/h5-7,10H,2-4H2,1H3,(H2,14,16)(H,18,19). The molecule has 1 aromatic rings. The van der Waals surface area contributed by atoms with Gasteiger partial charge in [0.05, 0.1) is 5.56 Å². The Hall–Kier alpha value is -2.31. The number of hydrogen-bond donors (Lipinski definition) is 2. The molecular formula is C13H16N2O5. The van der Waals surface area contributed by atoms with Gasteiger partial charge in [-0.05, 0) is 18.8 Å². The number of nitrogens with two attached hydrogens (primary N) is 1. The molecule has 3 N–H and O–H groups in total. The molecule has 0 aliphatic carbocycles. The summed E-state index contributed by atoms with van der Waals surface area (Å²) in [7, 11) is 0. The molecular weight excluding hydrogens is 264 g/mol. The second kappa shape index (κ2) is 5.36. The highest BCUT2D eigenvalue weighted by Gasteiger charge is 2.37. The van der Waals surface area contributed by atoms with Crippen molar-refractivity contribution in [1.82, 2.24) is 4.90 Å². The van der Waals surface area contributed by atoms with Crippen LogP contribution in [0.2, 0.25) is 0 Å². The maximum Gasteiger partial charge on any atom is 0.326 e. The molecule has 20 heavy (non-hydrogen) atoms. The van der Waals surface area contributed by atoms with Crippen LogP contribution in [0.3, 0.4) is 0 Å². The minimum absolute atomic E-state index is 0.118. The molecule has 0 radical (unpaired) electrons. The zero-order valence-corrected chi connectivity index (χ0v) is 11.0. The van der Waals surface area contributed by atoms with E-state index in [0.717, 1.165) is 19.1 Å². The van der Waals surface area contributed by atoms with Crippen LogP contribution in [0.4, 0.5) is 0 Å². The van der Waals surface area contributed by atoms with E-state index in [4.69, 9.17) is 10.2 Å². The molecule has 2 atom stereocenters. The number of carboxylic acid groups (broad SMARTS) is 1. The van der Waals surface area contributed by atoms with Crippen LogP contribution < -0.4 is 5.73 Å². The van der Waals surface area contributed by atoms with Gasteiger partial charge in [0.15, 0.2) is 5.76 Å². The molecule has 2 unspecified atom stereocenters. The van der Waals surface area contributed by atoms with Gasteiger partial charge >= 0.3 is 5.97 Å². The highest BCUT2D eigenvalue weighted by molar-refractivity contribution is 5.99. The van der Waals surface area contributed by atoms with Crippen LogP contribution in [0.5, 0.6) is 0 Å². The average molecular weight is 280 g/mol. The van der Waals surface area contributed by atoms with E-state index >= 15 is 0 Å². The first kappa shape index (κ1) is 14.1. The third-order valence-electron chi connectivity index (χ3n) is 3.54. The lowest BCUT2D eigenvalue weighted by atomic mass is 9.90. The van der Waals surface area contributed by atoms with Crippen molar-refractivity contribution in [1.29, 1.82) is 0 Å². The number of carbonyl (C=O) groups is 3. The van der Waals surface area contributed by atoms with E-state index in [1.165, 1.54) is 11.0 Å². The highest BCUT2D eigenvalue weighted by atomic mass is 16.4. The van der Waals surface area contributed by atoms with E-state index in [9.17, 15) is 19.5 Å². The third-order valence-corrected chi connectivity index (χ3v) is 3.54. The first-order valence-electron chi connectivity index (χ1n) is 6.34. The van der Waals surface area contributed by atoms with Gasteiger partial charge in [-0.25, -0.2) is 4.79 Å². The van der Waals surface area contributed by atoms with Crippen LogP contribution in [0.25, 0.3) is 0 Å². The Bertz CT molecular complexity index is 551. The third kappa shape index (κ3) is 2.52. The van der Waals surface area contributed by atoms with E-state index in [1.54, 1.807) is 0 Å². The Kier molecular flexibility index (Phi) is 3.78. The molecule has 1 aliphatic heterocycles. The maximum atomic E-state index is 12.3. The van der Waals surface area contributed by atoms with E-state index in [2.05, 4.69) is 0 Å². The van der Waals surface area contributed by atoms with Crippen LogP contribution in [0.1, 0.15) is 40.7 Å². The zero-order chi connectivity index (χ0) is 14.9. The van der Waals surface area contributed by atoms with Crippen LogP contribution in [0.15, 0.2) is 16.7 Å². The fourth-order valence-electron chi connectivity index (χ4n) is 2.54. The Morgan fingerprint density at radius 3 is 2.70 bits per heavy atom. The summed E-state index contributed by atoms with van der Waals surface area (Å²) in [4.78, 5) is 35.9. The van der Waals surface area contributed by atoms with E-state index in [1.807, 2.05) is 6.92 Å². The Morgan fingerprint density at radius 1 is 1.45 bits per heavy atom. The van der Waals surface area contributed by atoms with E-state index < -0.39 is 23.8 Å². The predicted octanol–water partition coefficient (Wildman–Crippen LogP) is 0.704. The fourth-order valence-corrected chi connectivity index (χ4v) is 2.54. The molecule has 0 aromatic carbocycles. The number of aliphatic carboxylic acids is 1. The summed E-state index contributed by atoms with van der Waals surface area (Å²) in [5.41, 5.74) is 5.19. The predicted molar refractivity (Wildman–Crippen MR) is 68.1 cm³/mol. The van der Waals surface area contributed by atoms with Crippen LogP contribution >= 0.6 is 0 Å². The number of carboxylic acids is 1. The van der Waals surface area contributed by atoms with Gasteiger partial charge in [-0.2, -0.15) is 0 Å². The number of hydrogen-bond acceptors (Lipinski definition) is 4. The summed E-state index contributed by atoms with van der Waals surface area (Å²) in [6.45, 7) is 2.18. The molecule has 1 aliphatic rings. The molecule has 7 heteroatoms. The molecule has 7 nitrogen and oxygen atoms in total. The van der Waals surface area contributed by atoms with E-state index in [-0.39, 0.29) is 17.2 Å². The average Bonchev–Trinajstić information content (AvgIpc) is 2.86. The molecule has 0 saturated carbocycles. The topological polar surface area (TPSA) is 114 Å². The molecule has 0 spiro atoms. The van der Waals surface area contributed by atoms with Gasteiger partial charge < -0.3 is 20.2 Å². The van der Waals surface area contributed by atoms with Gasteiger partial charge in [0, 0.05) is 12.6 Å². The number of piperidine rings is 1. The number of likely N-dealkylation sites (tertiary alicyclic amines) is 1. The molecule has 1 saturated heterocycles. The van der Waals surface area contributed by atoms with E-state index in [0.29, 0.717) is 6.54 Å². The Morgan fingerprint density at radius 2 is 2.15 bits per heavy atom. The van der Waals surface area contributed by atoms with Gasteiger partial charge in [0.1, 0.15) is 12.3 Å². The van der Waals surface area contributed by atoms with Gasteiger partial charge in [-0.3, -0.25) is 9.59 Å².